The van der Waals surface area contributed by atoms with Gasteiger partial charge in [-0.1, -0.05) is 16.9 Å². The van der Waals surface area contributed by atoms with Gasteiger partial charge in [0.25, 0.3) is 0 Å². The largest absolute Gasteiger partial charge is 0.365 e. The summed E-state index contributed by atoms with van der Waals surface area (Å²) < 4.78 is 14.5. The van der Waals surface area contributed by atoms with Crippen LogP contribution in [0.4, 0.5) is 27.5 Å². The Labute approximate surface area is 208 Å². The van der Waals surface area contributed by atoms with Gasteiger partial charge in [0.15, 0.2) is 11.6 Å². The minimum atomic E-state index is -0.471. The zero-order chi connectivity index (χ0) is 24.9. The van der Waals surface area contributed by atoms with E-state index in [0.29, 0.717) is 11.8 Å². The highest BCUT2D eigenvalue weighted by Gasteiger charge is 2.22. The summed E-state index contributed by atoms with van der Waals surface area (Å²) in [5, 5.41) is 13.7. The topological polar surface area (TPSA) is 106 Å². The predicted octanol–water partition coefficient (Wildman–Crippen LogP) is 3.27. The number of anilines is 4. The number of pyridine rings is 1. The number of benzene rings is 1. The molecule has 0 radical (unpaired) electrons. The molecule has 5 rings (SSSR count). The molecule has 2 aliphatic heterocycles. The van der Waals surface area contributed by atoms with E-state index in [4.69, 9.17) is 4.84 Å². The van der Waals surface area contributed by atoms with Crippen LogP contribution in [0.1, 0.15) is 25.3 Å². The molecule has 3 N–H and O–H groups in total. The Morgan fingerprint density at radius 1 is 1.17 bits per heavy atom. The van der Waals surface area contributed by atoms with E-state index in [1.165, 1.54) is 24.2 Å². The maximum Gasteiger partial charge on any atom is 0.229 e. The molecule has 188 valence electrons. The van der Waals surface area contributed by atoms with Crippen molar-refractivity contribution < 1.29 is 9.23 Å². The van der Waals surface area contributed by atoms with Gasteiger partial charge in [0.1, 0.15) is 5.84 Å². The summed E-state index contributed by atoms with van der Waals surface area (Å²) in [7, 11) is 1.52. The molecule has 11 nitrogen and oxygen atoms in total. The highest BCUT2D eigenvalue weighted by molar-refractivity contribution is 5.96. The van der Waals surface area contributed by atoms with Crippen LogP contribution in [0, 0.1) is 5.82 Å². The lowest BCUT2D eigenvalue weighted by Gasteiger charge is -2.32. The molecule has 1 fully saturated rings. The van der Waals surface area contributed by atoms with Crippen molar-refractivity contribution in [3.8, 4) is 0 Å². The van der Waals surface area contributed by atoms with Gasteiger partial charge in [0.2, 0.25) is 5.95 Å². The lowest BCUT2D eigenvalue weighted by atomic mass is 10.0. The molecule has 4 heterocycles. The second-order valence-electron chi connectivity index (χ2n) is 8.65. The van der Waals surface area contributed by atoms with Gasteiger partial charge in [-0.3, -0.25) is 9.88 Å². The SMILES string of the molecule is CON1N=C(C)N(c2cccc(Nc3ncc(F)c(NC4CCN(Cc5ccncc5)CC4)n3)c2)N1. The van der Waals surface area contributed by atoms with Crippen LogP contribution in [-0.4, -0.2) is 57.2 Å². The van der Waals surface area contributed by atoms with Gasteiger partial charge in [-0.05, 0) is 55.7 Å². The van der Waals surface area contributed by atoms with Crippen molar-refractivity contribution in [2.24, 2.45) is 5.10 Å². The monoisotopic (exact) mass is 492 g/mol. The fourth-order valence-electron chi connectivity index (χ4n) is 4.24. The summed E-state index contributed by atoms with van der Waals surface area (Å²) in [6, 6.07) is 11.8. The first-order valence-electron chi connectivity index (χ1n) is 11.8. The van der Waals surface area contributed by atoms with Crippen LogP contribution in [0.2, 0.25) is 0 Å². The average molecular weight is 493 g/mol. The van der Waals surface area contributed by atoms with Crippen LogP contribution in [-0.2, 0) is 11.4 Å². The summed E-state index contributed by atoms with van der Waals surface area (Å²) >= 11 is 0. The number of rotatable bonds is 8. The highest BCUT2D eigenvalue weighted by atomic mass is 19.1. The number of likely N-dealkylation sites (tertiary alicyclic amines) is 1. The van der Waals surface area contributed by atoms with Gasteiger partial charge in [-0.25, -0.2) is 19.2 Å². The smallest absolute Gasteiger partial charge is 0.229 e. The molecular formula is C24H29FN10O. The Hall–Kier alpha value is -3.87. The second kappa shape index (κ2) is 10.8. The number of amidine groups is 1. The average Bonchev–Trinajstić information content (AvgIpc) is 3.29. The number of halogens is 1. The molecule has 1 saturated heterocycles. The van der Waals surface area contributed by atoms with Gasteiger partial charge in [0, 0.05) is 43.8 Å². The predicted molar refractivity (Wildman–Crippen MR) is 135 cm³/mol. The summed E-state index contributed by atoms with van der Waals surface area (Å²) in [4.78, 5) is 20.1. The fraction of sp³-hybridized carbons (Fsp3) is 0.333. The molecule has 36 heavy (non-hydrogen) atoms. The molecule has 0 amide bonds. The van der Waals surface area contributed by atoms with E-state index < -0.39 is 5.82 Å². The third-order valence-corrected chi connectivity index (χ3v) is 6.11. The van der Waals surface area contributed by atoms with Crippen molar-refractivity contribution in [2.75, 3.05) is 35.8 Å². The third-order valence-electron chi connectivity index (χ3n) is 6.11. The molecule has 0 atom stereocenters. The Balaban J connectivity index is 1.20. The van der Waals surface area contributed by atoms with E-state index >= 15 is 0 Å². The number of nitrogens with zero attached hydrogens (tertiary/aromatic N) is 7. The van der Waals surface area contributed by atoms with Crippen LogP contribution < -0.4 is 21.2 Å². The standard InChI is InChI=1S/C24H29FN10O/c1-17-31-35(36-2)32-34(17)21-5-3-4-20(14-21)29-24-27-15-22(25)23(30-24)28-19-8-12-33(13-9-19)16-18-6-10-26-11-7-18/h3-7,10-11,14-15,19,32H,8-9,12-13,16H2,1-2H3,(H2,27,28,29,30). The van der Waals surface area contributed by atoms with Crippen LogP contribution >= 0.6 is 0 Å². The molecule has 0 bridgehead atoms. The molecule has 3 aromatic rings. The molecule has 0 saturated carbocycles. The number of aromatic nitrogens is 3. The Morgan fingerprint density at radius 3 is 2.72 bits per heavy atom. The Morgan fingerprint density at radius 2 is 1.97 bits per heavy atom. The molecule has 12 heteroatoms. The lowest BCUT2D eigenvalue weighted by molar-refractivity contribution is -0.162. The lowest BCUT2D eigenvalue weighted by Crippen LogP contribution is -2.42. The molecule has 1 aromatic carbocycles. The highest BCUT2D eigenvalue weighted by Crippen LogP contribution is 2.24. The van der Waals surface area contributed by atoms with Crippen LogP contribution in [0.3, 0.4) is 0 Å². The van der Waals surface area contributed by atoms with Crippen LogP contribution in [0.5, 0.6) is 0 Å². The van der Waals surface area contributed by atoms with E-state index in [-0.39, 0.29) is 11.9 Å². The molecule has 2 aromatic heterocycles. The minimum Gasteiger partial charge on any atom is -0.365 e. The zero-order valence-corrected chi connectivity index (χ0v) is 20.2. The van der Waals surface area contributed by atoms with E-state index in [1.807, 2.05) is 55.7 Å². The number of nitrogens with one attached hydrogen (secondary N) is 3. The van der Waals surface area contributed by atoms with E-state index in [0.717, 1.165) is 43.9 Å². The summed E-state index contributed by atoms with van der Waals surface area (Å²) in [6.07, 6.45) is 6.63. The number of piperidine rings is 1. The Kier molecular flexibility index (Phi) is 7.16. The van der Waals surface area contributed by atoms with Gasteiger partial charge in [-0.2, -0.15) is 4.98 Å². The maximum atomic E-state index is 14.5. The van der Waals surface area contributed by atoms with Crippen molar-refractivity contribution in [2.45, 2.75) is 32.4 Å². The van der Waals surface area contributed by atoms with E-state index in [2.05, 4.69) is 41.1 Å². The van der Waals surface area contributed by atoms with Crippen molar-refractivity contribution in [1.29, 1.82) is 0 Å². The number of hydrogen-bond acceptors (Lipinski definition) is 11. The van der Waals surface area contributed by atoms with Crippen LogP contribution in [0.15, 0.2) is 60.1 Å². The third kappa shape index (κ3) is 5.67. The first kappa shape index (κ1) is 23.9. The Bertz CT molecular complexity index is 1200. The number of hydrazone groups is 1. The molecule has 0 aliphatic carbocycles. The number of hydrogen-bond donors (Lipinski definition) is 3. The van der Waals surface area contributed by atoms with E-state index in [1.54, 1.807) is 5.01 Å². The molecule has 0 unspecified atom stereocenters. The quantitative estimate of drug-likeness (QED) is 0.434. The maximum absolute atomic E-state index is 14.5. The zero-order valence-electron chi connectivity index (χ0n) is 20.2. The summed E-state index contributed by atoms with van der Waals surface area (Å²) in [5.74, 6) is 0.757. The van der Waals surface area contributed by atoms with E-state index in [9.17, 15) is 4.39 Å². The molecule has 0 spiro atoms. The fourth-order valence-corrected chi connectivity index (χ4v) is 4.24. The van der Waals surface area contributed by atoms with Crippen molar-refractivity contribution in [1.82, 2.24) is 30.7 Å². The number of hydrazine groups is 2. The normalized spacial score (nSPS) is 16.8. The summed E-state index contributed by atoms with van der Waals surface area (Å²) in [6.45, 7) is 4.61. The minimum absolute atomic E-state index is 0.145. The van der Waals surface area contributed by atoms with Gasteiger partial charge in [-0.15, -0.1) is 5.10 Å². The van der Waals surface area contributed by atoms with Crippen LogP contribution in [0.25, 0.3) is 0 Å². The first-order chi connectivity index (χ1) is 17.6. The van der Waals surface area contributed by atoms with Gasteiger partial charge >= 0.3 is 0 Å². The van der Waals surface area contributed by atoms with Gasteiger partial charge < -0.3 is 10.6 Å². The van der Waals surface area contributed by atoms with Crippen molar-refractivity contribution in [3.05, 3.63) is 66.4 Å². The van der Waals surface area contributed by atoms with Crippen molar-refractivity contribution >= 4 is 29.0 Å². The first-order valence-corrected chi connectivity index (χ1v) is 11.8. The second-order valence-corrected chi connectivity index (χ2v) is 8.65. The summed E-state index contributed by atoms with van der Waals surface area (Å²) in [5.41, 5.74) is 5.82. The molecular weight excluding hydrogens is 463 g/mol. The molecule has 2 aliphatic rings. The van der Waals surface area contributed by atoms with Crippen molar-refractivity contribution in [3.63, 3.8) is 0 Å². The van der Waals surface area contributed by atoms with Gasteiger partial charge in [0.05, 0.1) is 19.0 Å².